The van der Waals surface area contributed by atoms with Crippen LogP contribution in [-0.2, 0) is 14.3 Å². The van der Waals surface area contributed by atoms with Crippen molar-refractivity contribution < 1.29 is 19.2 Å². The minimum Gasteiger partial charge on any atom is -0.466 e. The summed E-state index contributed by atoms with van der Waals surface area (Å²) in [4.78, 5) is 24.5. The summed E-state index contributed by atoms with van der Waals surface area (Å²) >= 11 is 1.60. The first-order valence-corrected chi connectivity index (χ1v) is 9.39. The zero-order chi connectivity index (χ0) is 19.4. The fourth-order valence-corrected chi connectivity index (χ4v) is 3.78. The van der Waals surface area contributed by atoms with Crippen molar-refractivity contribution in [3.05, 3.63) is 62.3 Å². The van der Waals surface area contributed by atoms with Gasteiger partial charge in [0.15, 0.2) is 0 Å². The van der Waals surface area contributed by atoms with Crippen molar-refractivity contribution in [1.82, 2.24) is 0 Å². The molecule has 1 saturated heterocycles. The molecule has 0 spiro atoms. The standard InChI is InChI=1S/C19H20N2O5S/c1-13-10-20(11-18(26-13)15-7-8-27-12-15)16-5-3-14(4-6-19(22)25-2)9-17(16)21(23)24/h3-9,12-13,18H,10-11H2,1-2H3/b6-4+. The molecule has 3 rings (SSSR count). The van der Waals surface area contributed by atoms with Gasteiger partial charge in [-0.25, -0.2) is 4.79 Å². The molecule has 0 amide bonds. The van der Waals surface area contributed by atoms with Gasteiger partial charge in [0.05, 0.1) is 18.1 Å². The maximum atomic E-state index is 11.6. The molecule has 7 nitrogen and oxygen atoms in total. The monoisotopic (exact) mass is 388 g/mol. The molecule has 1 aliphatic heterocycles. The van der Waals surface area contributed by atoms with Crippen LogP contribution in [0.3, 0.4) is 0 Å². The smallest absolute Gasteiger partial charge is 0.330 e. The zero-order valence-electron chi connectivity index (χ0n) is 15.0. The molecule has 0 N–H and O–H groups in total. The largest absolute Gasteiger partial charge is 0.466 e. The summed E-state index contributed by atoms with van der Waals surface area (Å²) in [6.45, 7) is 3.07. The highest BCUT2D eigenvalue weighted by Gasteiger charge is 2.30. The van der Waals surface area contributed by atoms with E-state index in [-0.39, 0.29) is 17.9 Å². The lowest BCUT2D eigenvalue weighted by Gasteiger charge is -2.37. The lowest BCUT2D eigenvalue weighted by molar-refractivity contribution is -0.384. The number of carbonyl (C=O) groups is 1. The summed E-state index contributed by atoms with van der Waals surface area (Å²) in [5, 5.41) is 15.7. The van der Waals surface area contributed by atoms with Gasteiger partial charge in [-0.2, -0.15) is 11.3 Å². The van der Waals surface area contributed by atoms with Gasteiger partial charge in [-0.15, -0.1) is 0 Å². The topological polar surface area (TPSA) is 81.9 Å². The number of thiophene rings is 1. The number of carbonyl (C=O) groups excluding carboxylic acids is 1. The van der Waals surface area contributed by atoms with E-state index in [0.717, 1.165) is 5.56 Å². The Hall–Kier alpha value is -2.71. The Kier molecular flexibility index (Phi) is 5.88. The average molecular weight is 388 g/mol. The molecule has 27 heavy (non-hydrogen) atoms. The molecule has 1 aliphatic rings. The third-order valence-electron chi connectivity index (χ3n) is 4.33. The number of morpholine rings is 1. The quantitative estimate of drug-likeness (QED) is 0.335. The van der Waals surface area contributed by atoms with Crippen LogP contribution < -0.4 is 4.90 Å². The van der Waals surface area contributed by atoms with E-state index >= 15 is 0 Å². The van der Waals surface area contributed by atoms with Crippen molar-refractivity contribution in [2.24, 2.45) is 0 Å². The maximum Gasteiger partial charge on any atom is 0.330 e. The number of hydrogen-bond acceptors (Lipinski definition) is 7. The molecule has 0 saturated carbocycles. The van der Waals surface area contributed by atoms with Crippen molar-refractivity contribution in [3.63, 3.8) is 0 Å². The molecule has 0 radical (unpaired) electrons. The van der Waals surface area contributed by atoms with Crippen LogP contribution in [0.25, 0.3) is 6.08 Å². The first-order valence-electron chi connectivity index (χ1n) is 8.45. The summed E-state index contributed by atoms with van der Waals surface area (Å²) in [7, 11) is 1.28. The molecule has 1 fully saturated rings. The van der Waals surface area contributed by atoms with Crippen molar-refractivity contribution >= 4 is 34.8 Å². The van der Waals surface area contributed by atoms with Crippen LogP contribution in [-0.4, -0.2) is 37.2 Å². The van der Waals surface area contributed by atoms with E-state index in [2.05, 4.69) is 4.74 Å². The van der Waals surface area contributed by atoms with Crippen LogP contribution in [0.5, 0.6) is 0 Å². The molecule has 8 heteroatoms. The van der Waals surface area contributed by atoms with Gasteiger partial charge in [0.25, 0.3) is 5.69 Å². The van der Waals surface area contributed by atoms with E-state index in [0.29, 0.717) is 24.3 Å². The third-order valence-corrected chi connectivity index (χ3v) is 5.03. The normalized spacial score (nSPS) is 20.0. The lowest BCUT2D eigenvalue weighted by Crippen LogP contribution is -2.43. The van der Waals surface area contributed by atoms with Crippen LogP contribution in [0.2, 0.25) is 0 Å². The fourth-order valence-electron chi connectivity index (χ4n) is 3.08. The Bertz CT molecular complexity index is 850. The fraction of sp³-hybridized carbons (Fsp3) is 0.316. The number of esters is 1. The second-order valence-electron chi connectivity index (χ2n) is 6.26. The number of rotatable bonds is 5. The number of benzene rings is 1. The van der Waals surface area contributed by atoms with Gasteiger partial charge >= 0.3 is 5.97 Å². The second kappa shape index (κ2) is 8.32. The Labute approximate surface area is 161 Å². The number of methoxy groups -OCH3 is 1. The highest BCUT2D eigenvalue weighted by atomic mass is 32.1. The first-order chi connectivity index (χ1) is 13.0. The Balaban J connectivity index is 1.89. The van der Waals surface area contributed by atoms with Crippen LogP contribution in [0, 0.1) is 10.1 Å². The Morgan fingerprint density at radius 2 is 2.22 bits per heavy atom. The van der Waals surface area contributed by atoms with E-state index in [1.807, 2.05) is 28.7 Å². The van der Waals surface area contributed by atoms with E-state index in [9.17, 15) is 14.9 Å². The van der Waals surface area contributed by atoms with Crippen LogP contribution in [0.1, 0.15) is 24.2 Å². The predicted molar refractivity (Wildman–Crippen MR) is 104 cm³/mol. The maximum absolute atomic E-state index is 11.6. The lowest BCUT2D eigenvalue weighted by atomic mass is 10.1. The Morgan fingerprint density at radius 1 is 1.41 bits per heavy atom. The van der Waals surface area contributed by atoms with Crippen molar-refractivity contribution in [1.29, 1.82) is 0 Å². The minimum absolute atomic E-state index is 0.000171. The minimum atomic E-state index is -0.512. The van der Waals surface area contributed by atoms with E-state index in [4.69, 9.17) is 4.74 Å². The van der Waals surface area contributed by atoms with Crippen molar-refractivity contribution in [2.75, 3.05) is 25.1 Å². The molecule has 2 unspecified atom stereocenters. The van der Waals surface area contributed by atoms with E-state index in [1.165, 1.54) is 25.3 Å². The summed E-state index contributed by atoms with van der Waals surface area (Å²) < 4.78 is 10.6. The van der Waals surface area contributed by atoms with Gasteiger partial charge in [-0.3, -0.25) is 10.1 Å². The summed E-state index contributed by atoms with van der Waals surface area (Å²) in [5.74, 6) is -0.512. The number of nitrogens with zero attached hydrogens (tertiary/aromatic N) is 2. The second-order valence-corrected chi connectivity index (χ2v) is 7.04. The van der Waals surface area contributed by atoms with Crippen molar-refractivity contribution in [3.8, 4) is 0 Å². The number of hydrogen-bond donors (Lipinski definition) is 0. The van der Waals surface area contributed by atoms with Gasteiger partial charge in [0.1, 0.15) is 11.8 Å². The van der Waals surface area contributed by atoms with Crippen molar-refractivity contribution in [2.45, 2.75) is 19.1 Å². The molecule has 2 atom stereocenters. The van der Waals surface area contributed by atoms with Gasteiger partial charge in [0, 0.05) is 25.2 Å². The summed E-state index contributed by atoms with van der Waals surface area (Å²) in [6, 6.07) is 6.95. The number of anilines is 1. The summed E-state index contributed by atoms with van der Waals surface area (Å²) in [5.41, 5.74) is 2.19. The third kappa shape index (κ3) is 4.53. The molecule has 0 bridgehead atoms. The molecule has 1 aromatic heterocycles. The van der Waals surface area contributed by atoms with Crippen LogP contribution in [0.15, 0.2) is 41.1 Å². The molecule has 0 aliphatic carbocycles. The number of nitro groups is 1. The van der Waals surface area contributed by atoms with Gasteiger partial charge in [-0.1, -0.05) is 6.07 Å². The zero-order valence-corrected chi connectivity index (χ0v) is 15.8. The van der Waals surface area contributed by atoms with Crippen LogP contribution in [0.4, 0.5) is 11.4 Å². The molecule has 2 heterocycles. The SMILES string of the molecule is COC(=O)/C=C/c1ccc(N2CC(C)OC(c3ccsc3)C2)c([N+](=O)[O-])c1. The Morgan fingerprint density at radius 3 is 2.89 bits per heavy atom. The molecule has 1 aromatic carbocycles. The van der Waals surface area contributed by atoms with Gasteiger partial charge in [-0.05, 0) is 47.0 Å². The highest BCUT2D eigenvalue weighted by molar-refractivity contribution is 7.07. The van der Waals surface area contributed by atoms with Gasteiger partial charge < -0.3 is 14.4 Å². The average Bonchev–Trinajstić information content (AvgIpc) is 3.20. The first kappa shape index (κ1) is 19.1. The van der Waals surface area contributed by atoms with Crippen LogP contribution >= 0.6 is 11.3 Å². The highest BCUT2D eigenvalue weighted by Crippen LogP contribution is 2.35. The van der Waals surface area contributed by atoms with E-state index < -0.39 is 10.9 Å². The van der Waals surface area contributed by atoms with Gasteiger partial charge in [0.2, 0.25) is 0 Å². The molecular formula is C19H20N2O5S. The number of nitro benzene ring substituents is 1. The summed E-state index contributed by atoms with van der Waals surface area (Å²) in [6.07, 6.45) is 2.56. The molecule has 2 aromatic rings. The van der Waals surface area contributed by atoms with E-state index in [1.54, 1.807) is 23.5 Å². The number of ether oxygens (including phenoxy) is 2. The predicted octanol–water partition coefficient (Wildman–Crippen LogP) is 3.81. The molecule has 142 valence electrons. The molecular weight excluding hydrogens is 368 g/mol.